The number of aliphatic carboxylic acids is 1. The molecule has 0 aliphatic rings. The monoisotopic (exact) mass is 508 g/mol. The van der Waals surface area contributed by atoms with Gasteiger partial charge in [0.05, 0.1) is 11.2 Å². The first-order valence-corrected chi connectivity index (χ1v) is 10.2. The number of benzene rings is 3. The lowest BCUT2D eigenvalue weighted by molar-refractivity contribution is -0.192. The molecule has 4 aromatic rings. The van der Waals surface area contributed by atoms with Crippen LogP contribution in [-0.2, 0) is 4.79 Å². The number of aryl methyl sites for hydroxylation is 1. The molecule has 4 rings (SSSR count). The van der Waals surface area contributed by atoms with E-state index in [-0.39, 0.29) is 5.69 Å². The van der Waals surface area contributed by atoms with Crippen LogP contribution in [0.1, 0.15) is 5.69 Å². The molecule has 3 aromatic carbocycles. The van der Waals surface area contributed by atoms with Crippen molar-refractivity contribution in [2.24, 2.45) is 0 Å². The molecular formula is C23H17ClF4N4O3. The van der Waals surface area contributed by atoms with E-state index in [0.717, 1.165) is 22.2 Å². The third-order valence-electron chi connectivity index (χ3n) is 4.61. The molecule has 1 heterocycles. The van der Waals surface area contributed by atoms with E-state index >= 15 is 0 Å². The van der Waals surface area contributed by atoms with Crippen molar-refractivity contribution < 1.29 is 32.3 Å². The summed E-state index contributed by atoms with van der Waals surface area (Å²) in [5.41, 5.74) is 3.90. The molecule has 0 atom stereocenters. The van der Waals surface area contributed by atoms with Crippen molar-refractivity contribution in [1.82, 2.24) is 10.2 Å². The van der Waals surface area contributed by atoms with Crippen LogP contribution in [0, 0.1) is 12.7 Å². The molecule has 4 N–H and O–H groups in total. The average Bonchev–Trinajstić information content (AvgIpc) is 3.16. The predicted molar refractivity (Wildman–Crippen MR) is 124 cm³/mol. The van der Waals surface area contributed by atoms with E-state index in [2.05, 4.69) is 20.8 Å². The van der Waals surface area contributed by atoms with Crippen LogP contribution in [-0.4, -0.2) is 33.5 Å². The van der Waals surface area contributed by atoms with Crippen LogP contribution in [0.3, 0.4) is 0 Å². The number of nitrogens with zero attached hydrogens (tertiary/aromatic N) is 1. The van der Waals surface area contributed by atoms with Gasteiger partial charge in [0.1, 0.15) is 5.82 Å². The lowest BCUT2D eigenvalue weighted by Gasteiger charge is -2.11. The number of rotatable bonds is 3. The molecule has 0 bridgehead atoms. The highest BCUT2D eigenvalue weighted by molar-refractivity contribution is 6.30. The van der Waals surface area contributed by atoms with Gasteiger partial charge in [0.25, 0.3) is 0 Å². The zero-order valence-corrected chi connectivity index (χ0v) is 18.6. The summed E-state index contributed by atoms with van der Waals surface area (Å²) in [6.45, 7) is 1.92. The van der Waals surface area contributed by atoms with E-state index in [1.807, 2.05) is 25.1 Å². The molecule has 2 amide bonds. The summed E-state index contributed by atoms with van der Waals surface area (Å²) in [6, 6.07) is 16.5. The SMILES string of the molecule is Cc1[nH]nc2cccc(-c3ccc(NC(=O)Nc4cccc(Cl)c4)c(F)c3)c12.O=C(O)C(F)(F)F. The number of carbonyl (C=O) groups is 2. The minimum atomic E-state index is -5.08. The second kappa shape index (κ2) is 10.4. The molecule has 35 heavy (non-hydrogen) atoms. The minimum Gasteiger partial charge on any atom is -0.475 e. The van der Waals surface area contributed by atoms with Gasteiger partial charge in [-0.2, -0.15) is 18.3 Å². The molecular weight excluding hydrogens is 492 g/mol. The van der Waals surface area contributed by atoms with Gasteiger partial charge in [-0.3, -0.25) is 5.10 Å². The number of carboxylic acid groups (broad SMARTS) is 1. The van der Waals surface area contributed by atoms with Crippen molar-refractivity contribution in [2.45, 2.75) is 13.1 Å². The molecule has 0 fully saturated rings. The first kappa shape index (κ1) is 25.5. The minimum absolute atomic E-state index is 0.0827. The summed E-state index contributed by atoms with van der Waals surface area (Å²) in [6.07, 6.45) is -5.08. The van der Waals surface area contributed by atoms with Crippen LogP contribution in [0.5, 0.6) is 0 Å². The fourth-order valence-electron chi connectivity index (χ4n) is 3.10. The van der Waals surface area contributed by atoms with Crippen molar-refractivity contribution in [3.63, 3.8) is 0 Å². The number of alkyl halides is 3. The van der Waals surface area contributed by atoms with Crippen LogP contribution in [0.15, 0.2) is 60.7 Å². The quantitative estimate of drug-likeness (QED) is 0.234. The van der Waals surface area contributed by atoms with Crippen molar-refractivity contribution >= 4 is 45.9 Å². The van der Waals surface area contributed by atoms with Crippen molar-refractivity contribution in [1.29, 1.82) is 0 Å². The summed E-state index contributed by atoms with van der Waals surface area (Å²) in [5.74, 6) is -3.29. The number of carbonyl (C=O) groups excluding carboxylic acids is 1. The van der Waals surface area contributed by atoms with Gasteiger partial charge in [0.15, 0.2) is 0 Å². The Bertz CT molecular complexity index is 1390. The molecule has 0 aliphatic heterocycles. The first-order chi connectivity index (χ1) is 16.5. The second-order valence-electron chi connectivity index (χ2n) is 7.14. The topological polar surface area (TPSA) is 107 Å². The zero-order chi connectivity index (χ0) is 25.8. The Morgan fingerprint density at radius 2 is 1.71 bits per heavy atom. The van der Waals surface area contributed by atoms with E-state index < -0.39 is 24.0 Å². The summed E-state index contributed by atoms with van der Waals surface area (Å²) in [4.78, 5) is 21.0. The van der Waals surface area contributed by atoms with Gasteiger partial charge in [0, 0.05) is 21.8 Å². The highest BCUT2D eigenvalue weighted by Crippen LogP contribution is 2.31. The van der Waals surface area contributed by atoms with Gasteiger partial charge in [0.2, 0.25) is 0 Å². The van der Waals surface area contributed by atoms with E-state index in [1.165, 1.54) is 12.1 Å². The molecule has 7 nitrogen and oxygen atoms in total. The summed E-state index contributed by atoms with van der Waals surface area (Å²) >= 11 is 5.90. The molecule has 0 radical (unpaired) electrons. The lowest BCUT2D eigenvalue weighted by atomic mass is 10.00. The third-order valence-corrected chi connectivity index (χ3v) is 4.85. The molecule has 0 aliphatic carbocycles. The van der Waals surface area contributed by atoms with E-state index in [9.17, 15) is 22.4 Å². The Balaban J connectivity index is 0.000000429. The smallest absolute Gasteiger partial charge is 0.475 e. The molecule has 1 aromatic heterocycles. The number of hydrogen-bond acceptors (Lipinski definition) is 3. The van der Waals surface area contributed by atoms with Gasteiger partial charge in [-0.05, 0) is 54.4 Å². The summed E-state index contributed by atoms with van der Waals surface area (Å²) in [5, 5.41) is 20.9. The van der Waals surface area contributed by atoms with E-state index in [0.29, 0.717) is 16.3 Å². The average molecular weight is 509 g/mol. The zero-order valence-electron chi connectivity index (χ0n) is 17.9. The molecule has 0 spiro atoms. The fourth-order valence-corrected chi connectivity index (χ4v) is 3.29. The fraction of sp³-hybridized carbons (Fsp3) is 0.0870. The van der Waals surface area contributed by atoms with Gasteiger partial charge in [-0.25, -0.2) is 14.0 Å². The number of urea groups is 1. The number of aromatic amines is 1. The standard InChI is InChI=1S/C21H16ClFN4O.C2HF3O2/c1-12-20-16(6-3-7-19(20)27-26-12)13-8-9-18(17(23)10-13)25-21(28)24-15-5-2-4-14(22)11-15;3-2(4,5)1(6)7/h2-11H,1H3,(H,26,27)(H2,24,25,28);(H,6,7). The van der Waals surface area contributed by atoms with Crippen molar-refractivity contribution in [2.75, 3.05) is 10.6 Å². The Hall–Kier alpha value is -4.12. The van der Waals surface area contributed by atoms with Crippen molar-refractivity contribution in [3.8, 4) is 11.1 Å². The molecule has 0 saturated heterocycles. The predicted octanol–water partition coefficient (Wildman–Crippen LogP) is 6.61. The molecule has 182 valence electrons. The molecule has 0 saturated carbocycles. The maximum atomic E-state index is 14.6. The number of anilines is 2. The number of amides is 2. The largest absolute Gasteiger partial charge is 0.490 e. The van der Waals surface area contributed by atoms with Crippen LogP contribution in [0.2, 0.25) is 5.02 Å². The van der Waals surface area contributed by atoms with Gasteiger partial charge < -0.3 is 15.7 Å². The normalized spacial score (nSPS) is 10.9. The second-order valence-corrected chi connectivity index (χ2v) is 7.57. The van der Waals surface area contributed by atoms with E-state index in [1.54, 1.807) is 30.3 Å². The number of hydrogen-bond donors (Lipinski definition) is 4. The summed E-state index contributed by atoms with van der Waals surface area (Å²) in [7, 11) is 0. The Morgan fingerprint density at radius 1 is 1.03 bits per heavy atom. The highest BCUT2D eigenvalue weighted by atomic mass is 35.5. The van der Waals surface area contributed by atoms with Gasteiger partial charge >= 0.3 is 18.2 Å². The molecule has 12 heteroatoms. The maximum Gasteiger partial charge on any atom is 0.490 e. The molecule has 0 unspecified atom stereocenters. The number of aromatic nitrogens is 2. The first-order valence-electron chi connectivity index (χ1n) is 9.83. The van der Waals surface area contributed by atoms with Crippen LogP contribution >= 0.6 is 11.6 Å². The Morgan fingerprint density at radius 3 is 2.34 bits per heavy atom. The lowest BCUT2D eigenvalue weighted by Crippen LogP contribution is -2.21. The van der Waals surface area contributed by atoms with Gasteiger partial charge in [-0.1, -0.05) is 35.9 Å². The number of nitrogens with one attached hydrogen (secondary N) is 3. The van der Waals surface area contributed by atoms with Crippen LogP contribution in [0.4, 0.5) is 33.7 Å². The number of fused-ring (bicyclic) bond motifs is 1. The Kier molecular flexibility index (Phi) is 7.60. The van der Waals surface area contributed by atoms with E-state index in [4.69, 9.17) is 21.5 Å². The summed E-state index contributed by atoms with van der Waals surface area (Å²) < 4.78 is 46.4. The van der Waals surface area contributed by atoms with Crippen LogP contribution < -0.4 is 10.6 Å². The Labute approximate surface area is 200 Å². The highest BCUT2D eigenvalue weighted by Gasteiger charge is 2.38. The number of carboxylic acids is 1. The third kappa shape index (κ3) is 6.48. The number of H-pyrrole nitrogens is 1. The maximum absolute atomic E-state index is 14.6. The van der Waals surface area contributed by atoms with Gasteiger partial charge in [-0.15, -0.1) is 0 Å². The van der Waals surface area contributed by atoms with Crippen molar-refractivity contribution in [3.05, 3.63) is 77.2 Å². The number of halogens is 5. The van der Waals surface area contributed by atoms with Crippen LogP contribution in [0.25, 0.3) is 22.0 Å².